The van der Waals surface area contributed by atoms with Crippen LogP contribution in [0.25, 0.3) is 0 Å². The Hall–Kier alpha value is -1.95. The molecule has 2 aliphatic rings. The minimum Gasteiger partial charge on any atom is -0.341 e. The molecule has 2 atom stereocenters. The first-order valence-electron chi connectivity index (χ1n) is 9.14. The van der Waals surface area contributed by atoms with Crippen molar-refractivity contribution in [3.8, 4) is 0 Å². The minimum absolute atomic E-state index is 0.0306. The molecule has 1 aliphatic heterocycles. The highest BCUT2D eigenvalue weighted by molar-refractivity contribution is 5.94. The van der Waals surface area contributed by atoms with Crippen LogP contribution in [0.5, 0.6) is 0 Å². The Bertz CT molecular complexity index is 620. The average Bonchev–Trinajstić information content (AvgIpc) is 2.87. The summed E-state index contributed by atoms with van der Waals surface area (Å²) in [5.41, 5.74) is 6.50. The first-order chi connectivity index (χ1) is 12.0. The SMILES string of the molecule is NC1CCCC(C(=O)N2CCCN(C(=O)c3ccc(F)cc3)CC2)C1. The zero-order chi connectivity index (χ0) is 17.8. The van der Waals surface area contributed by atoms with Crippen LogP contribution >= 0.6 is 0 Å². The van der Waals surface area contributed by atoms with E-state index in [4.69, 9.17) is 5.73 Å². The average molecular weight is 347 g/mol. The second-order valence-electron chi connectivity index (χ2n) is 7.10. The lowest BCUT2D eigenvalue weighted by molar-refractivity contribution is -0.136. The standard InChI is InChI=1S/C19H26FN3O2/c20-16-7-5-14(6-8-16)18(24)22-9-2-10-23(12-11-22)19(25)15-3-1-4-17(21)13-15/h5-8,15,17H,1-4,9-13,21H2. The number of carbonyl (C=O) groups excluding carboxylic acids is 2. The third-order valence-corrected chi connectivity index (χ3v) is 5.25. The number of halogens is 1. The van der Waals surface area contributed by atoms with Crippen LogP contribution in [-0.2, 0) is 4.79 Å². The number of amides is 2. The van der Waals surface area contributed by atoms with E-state index >= 15 is 0 Å². The zero-order valence-corrected chi connectivity index (χ0v) is 14.5. The van der Waals surface area contributed by atoms with E-state index in [0.717, 1.165) is 32.1 Å². The van der Waals surface area contributed by atoms with Crippen molar-refractivity contribution < 1.29 is 14.0 Å². The molecule has 1 aromatic rings. The molecule has 2 unspecified atom stereocenters. The Kier molecular flexibility index (Phi) is 5.68. The second-order valence-corrected chi connectivity index (χ2v) is 7.10. The molecule has 6 heteroatoms. The number of nitrogens with zero attached hydrogens (tertiary/aromatic N) is 2. The molecule has 1 aromatic carbocycles. The Morgan fingerprint density at radius 2 is 1.64 bits per heavy atom. The van der Waals surface area contributed by atoms with E-state index in [1.54, 1.807) is 4.90 Å². The summed E-state index contributed by atoms with van der Waals surface area (Å²) in [6, 6.07) is 5.75. The predicted molar refractivity (Wildman–Crippen MR) is 93.4 cm³/mol. The van der Waals surface area contributed by atoms with E-state index < -0.39 is 0 Å². The normalized spacial score (nSPS) is 24.7. The van der Waals surface area contributed by atoms with Crippen LogP contribution in [0.2, 0.25) is 0 Å². The molecule has 2 N–H and O–H groups in total. The summed E-state index contributed by atoms with van der Waals surface area (Å²) in [5, 5.41) is 0. The van der Waals surface area contributed by atoms with Crippen molar-refractivity contribution in [2.24, 2.45) is 11.7 Å². The van der Waals surface area contributed by atoms with Gasteiger partial charge in [0.25, 0.3) is 5.91 Å². The number of carbonyl (C=O) groups is 2. The van der Waals surface area contributed by atoms with Crippen molar-refractivity contribution in [2.45, 2.75) is 38.1 Å². The number of nitrogens with two attached hydrogens (primary N) is 1. The first kappa shape index (κ1) is 17.9. The number of hydrogen-bond acceptors (Lipinski definition) is 3. The van der Waals surface area contributed by atoms with Crippen molar-refractivity contribution in [2.75, 3.05) is 26.2 Å². The first-order valence-corrected chi connectivity index (χ1v) is 9.14. The van der Waals surface area contributed by atoms with Gasteiger partial charge in [-0.3, -0.25) is 9.59 Å². The third-order valence-electron chi connectivity index (χ3n) is 5.25. The maximum atomic E-state index is 13.0. The van der Waals surface area contributed by atoms with Gasteiger partial charge in [-0.2, -0.15) is 0 Å². The Labute approximate surface area is 148 Å². The summed E-state index contributed by atoms with van der Waals surface area (Å²) in [5.74, 6) is -0.238. The molecule has 2 fully saturated rings. The van der Waals surface area contributed by atoms with Gasteiger partial charge in [0.1, 0.15) is 5.82 Å². The fourth-order valence-electron chi connectivity index (χ4n) is 3.83. The fourth-order valence-corrected chi connectivity index (χ4v) is 3.83. The smallest absolute Gasteiger partial charge is 0.253 e. The van der Waals surface area contributed by atoms with Crippen LogP contribution in [0.15, 0.2) is 24.3 Å². The lowest BCUT2D eigenvalue weighted by atomic mass is 9.85. The molecule has 1 heterocycles. The van der Waals surface area contributed by atoms with Crippen molar-refractivity contribution in [3.05, 3.63) is 35.6 Å². The zero-order valence-electron chi connectivity index (χ0n) is 14.5. The molecule has 1 saturated heterocycles. The van der Waals surface area contributed by atoms with E-state index in [-0.39, 0.29) is 29.6 Å². The van der Waals surface area contributed by atoms with Gasteiger partial charge in [0.05, 0.1) is 0 Å². The highest BCUT2D eigenvalue weighted by Gasteiger charge is 2.30. The molecular formula is C19H26FN3O2. The van der Waals surface area contributed by atoms with Crippen LogP contribution in [-0.4, -0.2) is 53.8 Å². The molecule has 0 spiro atoms. The number of rotatable bonds is 2. The van der Waals surface area contributed by atoms with Crippen molar-refractivity contribution >= 4 is 11.8 Å². The Balaban J connectivity index is 1.59. The van der Waals surface area contributed by atoms with E-state index in [1.807, 2.05) is 4.90 Å². The maximum Gasteiger partial charge on any atom is 0.253 e. The number of benzene rings is 1. The van der Waals surface area contributed by atoms with Crippen molar-refractivity contribution in [1.82, 2.24) is 9.80 Å². The highest BCUT2D eigenvalue weighted by Crippen LogP contribution is 2.25. The molecule has 0 radical (unpaired) electrons. The van der Waals surface area contributed by atoms with Crippen LogP contribution in [0.4, 0.5) is 4.39 Å². The van der Waals surface area contributed by atoms with Gasteiger partial charge in [-0.05, 0) is 49.9 Å². The molecule has 0 bridgehead atoms. The Morgan fingerprint density at radius 3 is 2.36 bits per heavy atom. The van der Waals surface area contributed by atoms with Crippen LogP contribution < -0.4 is 5.73 Å². The summed E-state index contributed by atoms with van der Waals surface area (Å²) in [6.45, 7) is 2.36. The largest absolute Gasteiger partial charge is 0.341 e. The van der Waals surface area contributed by atoms with E-state index in [0.29, 0.717) is 31.7 Å². The van der Waals surface area contributed by atoms with Crippen LogP contribution in [0, 0.1) is 11.7 Å². The van der Waals surface area contributed by atoms with Gasteiger partial charge in [-0.1, -0.05) is 6.42 Å². The monoisotopic (exact) mass is 347 g/mol. The van der Waals surface area contributed by atoms with E-state index in [2.05, 4.69) is 0 Å². The van der Waals surface area contributed by atoms with Gasteiger partial charge >= 0.3 is 0 Å². The molecule has 5 nitrogen and oxygen atoms in total. The van der Waals surface area contributed by atoms with Gasteiger partial charge in [-0.25, -0.2) is 4.39 Å². The molecule has 1 aliphatic carbocycles. The van der Waals surface area contributed by atoms with Gasteiger partial charge in [0.2, 0.25) is 5.91 Å². The van der Waals surface area contributed by atoms with E-state index in [9.17, 15) is 14.0 Å². The molecule has 136 valence electrons. The summed E-state index contributed by atoms with van der Waals surface area (Å²) in [6.07, 6.45) is 4.47. The third kappa shape index (κ3) is 4.37. The quantitative estimate of drug-likeness (QED) is 0.890. The van der Waals surface area contributed by atoms with Gasteiger partial charge in [0.15, 0.2) is 0 Å². The van der Waals surface area contributed by atoms with Gasteiger partial charge in [-0.15, -0.1) is 0 Å². The van der Waals surface area contributed by atoms with Gasteiger partial charge < -0.3 is 15.5 Å². The minimum atomic E-state index is -0.352. The maximum absolute atomic E-state index is 13.0. The Morgan fingerprint density at radius 1 is 0.960 bits per heavy atom. The van der Waals surface area contributed by atoms with Crippen LogP contribution in [0.1, 0.15) is 42.5 Å². The van der Waals surface area contributed by atoms with Crippen molar-refractivity contribution in [3.63, 3.8) is 0 Å². The van der Waals surface area contributed by atoms with Gasteiger partial charge in [0, 0.05) is 43.7 Å². The second kappa shape index (κ2) is 7.95. The van der Waals surface area contributed by atoms with E-state index in [1.165, 1.54) is 24.3 Å². The fraction of sp³-hybridized carbons (Fsp3) is 0.579. The molecule has 1 saturated carbocycles. The predicted octanol–water partition coefficient (Wildman–Crippen LogP) is 2.02. The summed E-state index contributed by atoms with van der Waals surface area (Å²) in [4.78, 5) is 29.0. The summed E-state index contributed by atoms with van der Waals surface area (Å²) in [7, 11) is 0. The summed E-state index contributed by atoms with van der Waals surface area (Å²) < 4.78 is 13.0. The molecule has 0 aromatic heterocycles. The van der Waals surface area contributed by atoms with Crippen molar-refractivity contribution in [1.29, 1.82) is 0 Å². The lowest BCUT2D eigenvalue weighted by Gasteiger charge is -2.30. The van der Waals surface area contributed by atoms with Crippen LogP contribution in [0.3, 0.4) is 0 Å². The lowest BCUT2D eigenvalue weighted by Crippen LogP contribution is -2.42. The molecule has 3 rings (SSSR count). The number of hydrogen-bond donors (Lipinski definition) is 1. The molecule has 2 amide bonds. The molecular weight excluding hydrogens is 321 g/mol. The highest BCUT2D eigenvalue weighted by atomic mass is 19.1. The molecule has 25 heavy (non-hydrogen) atoms. The summed E-state index contributed by atoms with van der Waals surface area (Å²) >= 11 is 0. The topological polar surface area (TPSA) is 66.6 Å².